The normalized spacial score (nSPS) is 84.1. The SMILES string of the molecule is C=C[C@]12[C@@H]3[C@@H]4[C@@H]5[C@@H]1[C@H]2[C@@H](C[C@H]5O)[C@@H]43. The van der Waals surface area contributed by atoms with Crippen LogP contribution >= 0.6 is 0 Å². The highest BCUT2D eigenvalue weighted by atomic mass is 16.3. The van der Waals surface area contributed by atoms with Crippen molar-refractivity contribution in [2.45, 2.75) is 12.5 Å². The first kappa shape index (κ1) is 6.23. The fourth-order valence-corrected chi connectivity index (χ4v) is 6.34. The van der Waals surface area contributed by atoms with Gasteiger partial charge in [-0.1, -0.05) is 6.08 Å². The largest absolute Gasteiger partial charge is 0.393 e. The van der Waals surface area contributed by atoms with E-state index in [9.17, 15) is 5.11 Å². The van der Waals surface area contributed by atoms with Crippen LogP contribution in [0.4, 0.5) is 0 Å². The summed E-state index contributed by atoms with van der Waals surface area (Å²) in [7, 11) is 0. The van der Waals surface area contributed by atoms with Crippen molar-refractivity contribution in [1.82, 2.24) is 0 Å². The number of hydrogen-bond acceptors (Lipinski definition) is 1. The molecule has 6 rings (SSSR count). The first-order valence-corrected chi connectivity index (χ1v) is 5.64. The van der Waals surface area contributed by atoms with E-state index in [-0.39, 0.29) is 6.10 Å². The van der Waals surface area contributed by atoms with Crippen molar-refractivity contribution in [3.63, 3.8) is 0 Å². The number of rotatable bonds is 1. The molecule has 0 saturated heterocycles. The van der Waals surface area contributed by atoms with Crippen LogP contribution in [0.2, 0.25) is 0 Å². The van der Waals surface area contributed by atoms with E-state index >= 15 is 0 Å². The Bertz CT molecular complexity index is 345. The van der Waals surface area contributed by atoms with Crippen molar-refractivity contribution in [2.75, 3.05) is 0 Å². The van der Waals surface area contributed by atoms with E-state index in [0.717, 1.165) is 41.9 Å². The second kappa shape index (κ2) is 1.33. The molecule has 0 aromatic carbocycles. The van der Waals surface area contributed by atoms with E-state index in [4.69, 9.17) is 0 Å². The average molecular weight is 174 g/mol. The van der Waals surface area contributed by atoms with Gasteiger partial charge in [-0.05, 0) is 53.3 Å². The Morgan fingerprint density at radius 1 is 1.15 bits per heavy atom. The predicted molar refractivity (Wildman–Crippen MR) is 47.7 cm³/mol. The smallest absolute Gasteiger partial charge is 0.0577 e. The van der Waals surface area contributed by atoms with E-state index in [1.807, 2.05) is 0 Å². The molecule has 0 spiro atoms. The van der Waals surface area contributed by atoms with Crippen LogP contribution in [0.3, 0.4) is 0 Å². The Hall–Kier alpha value is -0.300. The van der Waals surface area contributed by atoms with Crippen LogP contribution in [0.25, 0.3) is 0 Å². The van der Waals surface area contributed by atoms with Crippen molar-refractivity contribution in [3.05, 3.63) is 12.7 Å². The van der Waals surface area contributed by atoms with Crippen LogP contribution in [0.5, 0.6) is 0 Å². The second-order valence-electron chi connectivity index (χ2n) is 5.98. The molecule has 6 fully saturated rings. The summed E-state index contributed by atoms with van der Waals surface area (Å²) >= 11 is 0. The van der Waals surface area contributed by atoms with Crippen LogP contribution in [0.1, 0.15) is 6.42 Å². The Morgan fingerprint density at radius 2 is 2.00 bits per heavy atom. The summed E-state index contributed by atoms with van der Waals surface area (Å²) in [5.74, 6) is 6.38. The molecule has 0 aromatic rings. The Kier molecular flexibility index (Phi) is 0.639. The molecule has 68 valence electrons. The summed E-state index contributed by atoms with van der Waals surface area (Å²) in [6, 6.07) is 0. The number of aliphatic hydroxyl groups excluding tert-OH is 1. The molecule has 13 heavy (non-hydrogen) atoms. The third kappa shape index (κ3) is 0.342. The highest BCUT2D eigenvalue weighted by Gasteiger charge is 2.95. The van der Waals surface area contributed by atoms with Crippen molar-refractivity contribution in [2.24, 2.45) is 46.8 Å². The maximum atomic E-state index is 9.98. The maximum Gasteiger partial charge on any atom is 0.0577 e. The van der Waals surface area contributed by atoms with Crippen LogP contribution in [0.15, 0.2) is 12.7 Å². The lowest BCUT2D eigenvalue weighted by Crippen LogP contribution is -2.39. The van der Waals surface area contributed by atoms with E-state index in [0.29, 0.717) is 11.3 Å². The topological polar surface area (TPSA) is 20.2 Å². The van der Waals surface area contributed by atoms with Gasteiger partial charge in [-0.3, -0.25) is 0 Å². The average Bonchev–Trinajstić information content (AvgIpc) is 2.94. The van der Waals surface area contributed by atoms with E-state index in [1.54, 1.807) is 0 Å². The van der Waals surface area contributed by atoms with Crippen molar-refractivity contribution in [1.29, 1.82) is 0 Å². The summed E-state index contributed by atoms with van der Waals surface area (Å²) in [6.45, 7) is 4.05. The van der Waals surface area contributed by atoms with Gasteiger partial charge in [-0.2, -0.15) is 0 Å². The van der Waals surface area contributed by atoms with Gasteiger partial charge in [-0.15, -0.1) is 6.58 Å². The van der Waals surface area contributed by atoms with E-state index in [1.165, 1.54) is 0 Å². The standard InChI is InChI=1S/C12H14O/c1-2-12-9-4-3-5(13)7(11(9)12)8-6(4)10(8)12/h2,4-11,13H,1,3H2/t4-,5+,6-,7+,8-,9+,10-,11+,12-/m0/s1. The molecular formula is C12H14O. The summed E-state index contributed by atoms with van der Waals surface area (Å²) in [4.78, 5) is 0. The fourth-order valence-electron chi connectivity index (χ4n) is 6.34. The Morgan fingerprint density at radius 3 is 2.54 bits per heavy atom. The minimum atomic E-state index is 0.0572. The highest BCUT2D eigenvalue weighted by Crippen LogP contribution is 2.97. The molecule has 0 heterocycles. The van der Waals surface area contributed by atoms with Crippen LogP contribution in [-0.2, 0) is 0 Å². The van der Waals surface area contributed by atoms with Gasteiger partial charge in [-0.25, -0.2) is 0 Å². The van der Waals surface area contributed by atoms with Gasteiger partial charge >= 0.3 is 0 Å². The Labute approximate surface area is 77.8 Å². The molecule has 6 aliphatic carbocycles. The fraction of sp³-hybridized carbons (Fsp3) is 0.833. The van der Waals surface area contributed by atoms with Gasteiger partial charge in [0.25, 0.3) is 0 Å². The minimum absolute atomic E-state index is 0.0572. The van der Waals surface area contributed by atoms with Gasteiger partial charge in [0.15, 0.2) is 0 Å². The molecule has 9 atom stereocenters. The zero-order valence-corrected chi connectivity index (χ0v) is 7.56. The first-order valence-electron chi connectivity index (χ1n) is 5.64. The van der Waals surface area contributed by atoms with Gasteiger partial charge in [0.2, 0.25) is 0 Å². The van der Waals surface area contributed by atoms with Crippen molar-refractivity contribution in [3.8, 4) is 0 Å². The molecule has 6 aliphatic rings. The monoisotopic (exact) mass is 174 g/mol. The quantitative estimate of drug-likeness (QED) is 0.594. The maximum absolute atomic E-state index is 9.98. The van der Waals surface area contributed by atoms with E-state index < -0.39 is 0 Å². The first-order chi connectivity index (χ1) is 6.32. The molecule has 0 aromatic heterocycles. The molecule has 0 radical (unpaired) electrons. The highest BCUT2D eigenvalue weighted by molar-refractivity contribution is 5.45. The number of fused-ring (bicyclic) bond motifs is 1. The summed E-state index contributed by atoms with van der Waals surface area (Å²) < 4.78 is 0. The number of aliphatic hydroxyl groups is 1. The molecule has 1 N–H and O–H groups in total. The lowest BCUT2D eigenvalue weighted by molar-refractivity contribution is -0.0127. The van der Waals surface area contributed by atoms with Gasteiger partial charge < -0.3 is 5.11 Å². The van der Waals surface area contributed by atoms with Crippen molar-refractivity contribution < 1.29 is 5.11 Å². The molecule has 0 unspecified atom stereocenters. The third-order valence-electron chi connectivity index (χ3n) is 6.27. The van der Waals surface area contributed by atoms with Crippen LogP contribution in [-0.4, -0.2) is 11.2 Å². The molecule has 6 saturated carbocycles. The molecule has 1 heteroatoms. The molecule has 0 amide bonds. The molecule has 1 nitrogen and oxygen atoms in total. The second-order valence-corrected chi connectivity index (χ2v) is 5.98. The molecule has 2 bridgehead atoms. The minimum Gasteiger partial charge on any atom is -0.393 e. The molecular weight excluding hydrogens is 160 g/mol. The van der Waals surface area contributed by atoms with Crippen molar-refractivity contribution >= 4 is 0 Å². The van der Waals surface area contributed by atoms with Gasteiger partial charge in [0.05, 0.1) is 6.10 Å². The van der Waals surface area contributed by atoms with Crippen LogP contribution in [0, 0.1) is 46.8 Å². The third-order valence-corrected chi connectivity index (χ3v) is 6.27. The summed E-state index contributed by atoms with van der Waals surface area (Å²) in [6.07, 6.45) is 3.44. The Balaban J connectivity index is 1.80. The van der Waals surface area contributed by atoms with Gasteiger partial charge in [0, 0.05) is 0 Å². The summed E-state index contributed by atoms with van der Waals surface area (Å²) in [5.41, 5.74) is 0.558. The lowest BCUT2D eigenvalue weighted by atomic mass is 9.69. The molecule has 0 aliphatic heterocycles. The predicted octanol–water partition coefficient (Wildman–Crippen LogP) is 1.29. The lowest BCUT2D eigenvalue weighted by Gasteiger charge is -2.38. The van der Waals surface area contributed by atoms with Gasteiger partial charge in [0.1, 0.15) is 0 Å². The number of hydrogen-bond donors (Lipinski definition) is 1. The number of allylic oxidation sites excluding steroid dienone is 1. The van der Waals surface area contributed by atoms with E-state index in [2.05, 4.69) is 12.7 Å². The summed E-state index contributed by atoms with van der Waals surface area (Å²) in [5, 5.41) is 9.98. The zero-order valence-electron chi connectivity index (χ0n) is 7.56. The van der Waals surface area contributed by atoms with Crippen LogP contribution < -0.4 is 0 Å². The zero-order chi connectivity index (χ0) is 8.53.